The number of pyridine rings is 2. The molecule has 2 aromatic heterocycles. The van der Waals surface area contributed by atoms with E-state index in [-0.39, 0.29) is 29.7 Å². The van der Waals surface area contributed by atoms with E-state index >= 15 is 0 Å². The number of aromatic nitrogens is 2. The molecule has 2 atom stereocenters. The predicted octanol–water partition coefficient (Wildman–Crippen LogP) is 3.54. The molecule has 38 heavy (non-hydrogen) atoms. The molecule has 1 amide bonds. The van der Waals surface area contributed by atoms with E-state index in [0.717, 1.165) is 16.5 Å². The number of nitrogens with zero attached hydrogens (tertiary/aromatic N) is 2. The molecule has 1 N–H and O–H groups in total. The maximum Gasteiger partial charge on any atom is 0.408 e. The first kappa shape index (κ1) is 25.4. The molecule has 0 radical (unpaired) electrons. The minimum Gasteiger partial charge on any atom is -0.457 e. The summed E-state index contributed by atoms with van der Waals surface area (Å²) in [4.78, 5) is 56.8. The molecule has 0 saturated carbocycles. The Morgan fingerprint density at radius 3 is 2.66 bits per heavy atom. The van der Waals surface area contributed by atoms with Crippen LogP contribution in [0.5, 0.6) is 0 Å². The molecule has 0 spiro atoms. The highest BCUT2D eigenvalue weighted by atomic mass is 16.6. The molecule has 0 unspecified atom stereocenters. The summed E-state index contributed by atoms with van der Waals surface area (Å²) >= 11 is 0. The van der Waals surface area contributed by atoms with Crippen LogP contribution < -0.4 is 10.9 Å². The van der Waals surface area contributed by atoms with Gasteiger partial charge in [-0.15, -0.1) is 0 Å². The molecule has 10 nitrogen and oxygen atoms in total. The van der Waals surface area contributed by atoms with Crippen molar-refractivity contribution in [1.82, 2.24) is 14.9 Å². The van der Waals surface area contributed by atoms with Crippen molar-refractivity contribution in [3.8, 4) is 11.4 Å². The summed E-state index contributed by atoms with van der Waals surface area (Å²) in [6.45, 7) is 8.28. The molecule has 1 aromatic carbocycles. The van der Waals surface area contributed by atoms with Gasteiger partial charge in [-0.1, -0.05) is 25.1 Å². The van der Waals surface area contributed by atoms with E-state index in [1.165, 1.54) is 6.92 Å². The van der Waals surface area contributed by atoms with Crippen molar-refractivity contribution in [2.24, 2.45) is 0 Å². The molecule has 0 bridgehead atoms. The first-order valence-corrected chi connectivity index (χ1v) is 12.5. The molecular formula is C28H29N3O7. The van der Waals surface area contributed by atoms with Gasteiger partial charge in [0.15, 0.2) is 0 Å². The Labute approximate surface area is 218 Å². The molecule has 4 heterocycles. The first-order chi connectivity index (χ1) is 17.9. The molecule has 0 fully saturated rings. The standard InChI is InChI=1S/C28H29N3O7/c1-6-28(37-24(33)15(2)29-26(35)38-27(3,4)5)19-12-21-22-17(11-16-9-7-8-10-20(16)30-22)13-31(21)23(32)18(19)14-36-25(28)34/h7-12,15H,6,13-14H2,1-5H3,(H,29,35)/t15-,28-/m0/s1. The molecule has 0 aliphatic carbocycles. The maximum absolute atomic E-state index is 13.6. The van der Waals surface area contributed by atoms with Gasteiger partial charge in [-0.3, -0.25) is 4.79 Å². The van der Waals surface area contributed by atoms with Crippen molar-refractivity contribution >= 4 is 28.9 Å². The number of benzene rings is 1. The Bertz CT molecular complexity index is 1550. The molecule has 3 aromatic rings. The number of hydrogen-bond acceptors (Lipinski definition) is 8. The van der Waals surface area contributed by atoms with Crippen molar-refractivity contribution < 1.29 is 28.6 Å². The molecular weight excluding hydrogens is 490 g/mol. The first-order valence-electron chi connectivity index (χ1n) is 12.5. The zero-order chi connectivity index (χ0) is 27.4. The van der Waals surface area contributed by atoms with Crippen LogP contribution in [0.4, 0.5) is 4.79 Å². The number of rotatable bonds is 4. The number of cyclic esters (lactones) is 1. The monoisotopic (exact) mass is 519 g/mol. The number of nitrogens with one attached hydrogen (secondary N) is 1. The quantitative estimate of drug-likeness (QED) is 0.321. The van der Waals surface area contributed by atoms with Crippen LogP contribution in [0, 0.1) is 0 Å². The van der Waals surface area contributed by atoms with Gasteiger partial charge in [0.05, 0.1) is 29.0 Å². The number of para-hydroxylation sites is 1. The van der Waals surface area contributed by atoms with Crippen LogP contribution in [0.3, 0.4) is 0 Å². The Hall–Kier alpha value is -4.21. The van der Waals surface area contributed by atoms with Crippen LogP contribution in [-0.2, 0) is 42.6 Å². The minimum atomic E-state index is -1.86. The van der Waals surface area contributed by atoms with E-state index in [1.54, 1.807) is 38.3 Å². The minimum absolute atomic E-state index is 0.0185. The summed E-state index contributed by atoms with van der Waals surface area (Å²) in [5.41, 5.74) is 0.397. The van der Waals surface area contributed by atoms with Crippen molar-refractivity contribution in [1.29, 1.82) is 0 Å². The lowest BCUT2D eigenvalue weighted by atomic mass is 9.85. The summed E-state index contributed by atoms with van der Waals surface area (Å²) in [7, 11) is 0. The van der Waals surface area contributed by atoms with E-state index < -0.39 is 35.3 Å². The predicted molar refractivity (Wildman–Crippen MR) is 137 cm³/mol. The second-order valence-corrected chi connectivity index (χ2v) is 10.5. The van der Waals surface area contributed by atoms with E-state index in [4.69, 9.17) is 19.2 Å². The van der Waals surface area contributed by atoms with Crippen LogP contribution in [0.15, 0.2) is 41.2 Å². The van der Waals surface area contributed by atoms with E-state index in [9.17, 15) is 19.2 Å². The third-order valence-corrected chi connectivity index (χ3v) is 6.75. The molecule has 0 saturated heterocycles. The maximum atomic E-state index is 13.6. The van der Waals surface area contributed by atoms with Crippen molar-refractivity contribution in [2.75, 3.05) is 0 Å². The fourth-order valence-electron chi connectivity index (χ4n) is 4.89. The number of carbonyl (C=O) groups is 3. The Morgan fingerprint density at radius 1 is 1.21 bits per heavy atom. The zero-order valence-corrected chi connectivity index (χ0v) is 21.9. The van der Waals surface area contributed by atoms with Crippen LogP contribution >= 0.6 is 0 Å². The number of hydrogen-bond donors (Lipinski definition) is 1. The molecule has 5 rings (SSSR count). The van der Waals surface area contributed by atoms with Crippen LogP contribution in [0.2, 0.25) is 0 Å². The van der Waals surface area contributed by atoms with Gasteiger partial charge < -0.3 is 24.1 Å². The van der Waals surface area contributed by atoms with Crippen molar-refractivity contribution in [3.63, 3.8) is 0 Å². The molecule has 10 heteroatoms. The Morgan fingerprint density at radius 2 is 1.95 bits per heavy atom. The normalized spacial score (nSPS) is 18.6. The summed E-state index contributed by atoms with van der Waals surface area (Å²) in [6, 6.07) is 10.2. The van der Waals surface area contributed by atoms with E-state index in [2.05, 4.69) is 5.32 Å². The average molecular weight is 520 g/mol. The van der Waals surface area contributed by atoms with E-state index in [1.807, 2.05) is 30.3 Å². The lowest BCUT2D eigenvalue weighted by Crippen LogP contribution is -2.51. The lowest BCUT2D eigenvalue weighted by Gasteiger charge is -2.36. The van der Waals surface area contributed by atoms with Crippen LogP contribution in [0.1, 0.15) is 57.7 Å². The second kappa shape index (κ2) is 8.97. The third-order valence-electron chi connectivity index (χ3n) is 6.75. The van der Waals surface area contributed by atoms with Gasteiger partial charge in [-0.05, 0) is 52.3 Å². The number of amides is 1. The van der Waals surface area contributed by atoms with Gasteiger partial charge in [0.2, 0.25) is 5.60 Å². The fourth-order valence-corrected chi connectivity index (χ4v) is 4.89. The molecule has 198 valence electrons. The van der Waals surface area contributed by atoms with Gasteiger partial charge in [0.1, 0.15) is 18.2 Å². The lowest BCUT2D eigenvalue weighted by molar-refractivity contribution is -0.190. The zero-order valence-electron chi connectivity index (χ0n) is 21.9. The van der Waals surface area contributed by atoms with Crippen LogP contribution in [-0.4, -0.2) is 39.2 Å². The smallest absolute Gasteiger partial charge is 0.408 e. The molecule has 2 aliphatic heterocycles. The Balaban J connectivity index is 1.54. The highest BCUT2D eigenvalue weighted by molar-refractivity contribution is 5.90. The number of carbonyl (C=O) groups excluding carboxylic acids is 3. The number of esters is 2. The number of fused-ring (bicyclic) bond motifs is 5. The summed E-state index contributed by atoms with van der Waals surface area (Å²) < 4.78 is 18.0. The average Bonchev–Trinajstić information content (AvgIpc) is 3.21. The number of ether oxygens (including phenoxy) is 3. The van der Waals surface area contributed by atoms with Gasteiger partial charge in [-0.25, -0.2) is 19.4 Å². The third kappa shape index (κ3) is 4.19. The number of alkyl carbamates (subject to hydrolysis) is 1. The fraction of sp³-hybridized carbons (Fsp3) is 0.393. The second-order valence-electron chi connectivity index (χ2n) is 10.5. The van der Waals surface area contributed by atoms with Gasteiger partial charge in [0, 0.05) is 16.5 Å². The van der Waals surface area contributed by atoms with Gasteiger partial charge >= 0.3 is 18.0 Å². The van der Waals surface area contributed by atoms with Crippen molar-refractivity contribution in [2.45, 2.75) is 71.4 Å². The largest absolute Gasteiger partial charge is 0.457 e. The summed E-state index contributed by atoms with van der Waals surface area (Å²) in [6.07, 6.45) is -0.782. The van der Waals surface area contributed by atoms with Crippen LogP contribution in [0.25, 0.3) is 22.3 Å². The van der Waals surface area contributed by atoms with Crippen molar-refractivity contribution in [3.05, 3.63) is 63.4 Å². The Kier molecular flexibility index (Phi) is 6.00. The highest BCUT2D eigenvalue weighted by Gasteiger charge is 2.51. The molecule has 2 aliphatic rings. The summed E-state index contributed by atoms with van der Waals surface area (Å²) in [5.74, 6) is -1.65. The highest BCUT2D eigenvalue weighted by Crippen LogP contribution is 2.41. The van der Waals surface area contributed by atoms with E-state index in [0.29, 0.717) is 17.9 Å². The van der Waals surface area contributed by atoms with Gasteiger partial charge in [0.25, 0.3) is 5.56 Å². The SMILES string of the molecule is CC[C@@]1(OC(=O)[C@H](C)NC(=O)OC(C)(C)C)C(=O)OCc2c1cc1n(c2=O)Cc2cc3ccccc3nc2-1. The topological polar surface area (TPSA) is 126 Å². The summed E-state index contributed by atoms with van der Waals surface area (Å²) in [5, 5.41) is 3.38. The van der Waals surface area contributed by atoms with Gasteiger partial charge in [-0.2, -0.15) is 0 Å².